The van der Waals surface area contributed by atoms with Gasteiger partial charge in [-0.15, -0.1) is 0 Å². The summed E-state index contributed by atoms with van der Waals surface area (Å²) in [4.78, 5) is 203. The van der Waals surface area contributed by atoms with E-state index in [9.17, 15) is 90.5 Å². The standard InChI is InChI=1S/C59H87N19O16.C2HF3O2/c60-35(49(86)66-24-10-8-18-39-53(90)74-37(20-12-26-68-59(63)64)51(88)70-32-46(81)72-43(30-48(84)85)57(94)78-41(55(92)76-39)28-34-15-5-2-6-16-34)21-22-44(79)65-23-9-7-17-38-52(89)73-36(19-11-25-67-58(61)62)50(87)69-31-45(80)71-42(29-47(82)83)56(93)77-40(54(91)75-38)27-33-13-3-1-4-14-33;3-2(4,5)1(6)7/h1-6,13-16,35-43H,7-12,17-32,60H2,(H,65,79)(H,66,86)(H,69,87)(H,70,88)(H,71,80)(H,72,81)(H,73,89)(H,74,90)(H,75,91)(H,76,92)(H,77,93)(H,78,94)(H,82,83)(H,84,85)(H4,61,62,67)(H4,63,64,68);(H,6,7)/t35-,36-,37-,38-,39-,40+,41+,42+,43+;/m0./s1. The number of carboxylic acid groups (broad SMARTS) is 3. The Bertz CT molecular complexity index is 3250. The van der Waals surface area contributed by atoms with Crippen LogP contribution in [0.2, 0.25) is 0 Å². The molecule has 0 spiro atoms. The van der Waals surface area contributed by atoms with Crippen LogP contribution in [0.1, 0.15) is 101 Å². The first-order valence-corrected chi connectivity index (χ1v) is 31.9. The summed E-state index contributed by atoms with van der Waals surface area (Å²) in [5.41, 5.74) is 29.1. The van der Waals surface area contributed by atoms with Gasteiger partial charge in [0.25, 0.3) is 0 Å². The minimum Gasteiger partial charge on any atom is -0.481 e. The molecule has 4 rings (SSSR count). The molecule has 2 saturated heterocycles. The van der Waals surface area contributed by atoms with E-state index in [-0.39, 0.29) is 128 Å². The van der Waals surface area contributed by atoms with Crippen LogP contribution < -0.4 is 92.5 Å². The van der Waals surface area contributed by atoms with Crippen molar-refractivity contribution in [3.8, 4) is 0 Å². The first-order chi connectivity index (χ1) is 47.7. The quantitative estimate of drug-likeness (QED) is 0.0197. The van der Waals surface area contributed by atoms with E-state index in [4.69, 9.17) is 38.6 Å². The lowest BCUT2D eigenvalue weighted by Crippen LogP contribution is -2.58. The Labute approximate surface area is 576 Å². The topological polar surface area (TPSA) is 616 Å². The van der Waals surface area contributed by atoms with Crippen LogP contribution in [-0.4, -0.2) is 216 Å². The number of aliphatic imine (C=N–C) groups is 2. The number of nitrogens with one attached hydrogen (secondary N) is 12. The number of unbranched alkanes of at least 4 members (excludes halogenated alkanes) is 2. The number of carbonyl (C=O) groups excluding carboxylic acids is 12. The number of carbonyl (C=O) groups is 15. The van der Waals surface area contributed by atoms with Crippen molar-refractivity contribution >= 4 is 101 Å². The van der Waals surface area contributed by atoms with E-state index in [0.717, 1.165) is 0 Å². The number of aliphatic carboxylic acids is 3. The Balaban J connectivity index is 0.00000358. The normalized spacial score (nSPS) is 20.8. The molecular weight excluding hydrogens is 1340 g/mol. The second kappa shape index (κ2) is 43.9. The molecule has 40 heteroatoms. The van der Waals surface area contributed by atoms with Crippen molar-refractivity contribution in [3.63, 3.8) is 0 Å². The van der Waals surface area contributed by atoms with Gasteiger partial charge >= 0.3 is 24.1 Å². The third-order valence-electron chi connectivity index (χ3n) is 14.9. The maximum Gasteiger partial charge on any atom is 0.490 e. The van der Waals surface area contributed by atoms with E-state index in [0.29, 0.717) is 11.1 Å². The van der Waals surface area contributed by atoms with Crippen molar-refractivity contribution < 1.29 is 100 Å². The highest BCUT2D eigenvalue weighted by molar-refractivity contribution is 6.00. The van der Waals surface area contributed by atoms with Gasteiger partial charge < -0.3 is 108 Å². The van der Waals surface area contributed by atoms with Gasteiger partial charge in [-0.05, 0) is 81.8 Å². The average Bonchev–Trinajstić information content (AvgIpc) is 1.78. The molecule has 12 amide bonds. The summed E-state index contributed by atoms with van der Waals surface area (Å²) in [7, 11) is 0. The molecule has 0 bridgehead atoms. The van der Waals surface area contributed by atoms with Crippen molar-refractivity contribution in [1.29, 1.82) is 0 Å². The second-order valence-corrected chi connectivity index (χ2v) is 23.1. The summed E-state index contributed by atoms with van der Waals surface area (Å²) in [6.45, 7) is -1.22. The maximum atomic E-state index is 14.1. The van der Waals surface area contributed by atoms with Crippen molar-refractivity contribution in [2.24, 2.45) is 38.7 Å². The highest BCUT2D eigenvalue weighted by Crippen LogP contribution is 2.15. The first-order valence-electron chi connectivity index (χ1n) is 31.9. The van der Waals surface area contributed by atoms with Gasteiger partial charge in [-0.25, -0.2) is 4.79 Å². The molecule has 2 heterocycles. The Kier molecular flexibility index (Phi) is 36.5. The molecule has 25 N–H and O–H groups in total. The number of halogens is 3. The van der Waals surface area contributed by atoms with E-state index >= 15 is 0 Å². The summed E-state index contributed by atoms with van der Waals surface area (Å²) in [6.07, 6.45) is -6.40. The van der Waals surface area contributed by atoms with Crippen LogP contribution in [0.15, 0.2) is 70.6 Å². The van der Waals surface area contributed by atoms with E-state index in [1.807, 2.05) is 0 Å². The molecule has 2 aromatic carbocycles. The Morgan fingerprint density at radius 1 is 0.465 bits per heavy atom. The van der Waals surface area contributed by atoms with Crippen LogP contribution in [0.4, 0.5) is 13.2 Å². The van der Waals surface area contributed by atoms with Crippen LogP contribution >= 0.6 is 0 Å². The molecule has 2 aliphatic rings. The minimum atomic E-state index is -5.08. The monoisotopic (exact) mass is 1430 g/mol. The Morgan fingerprint density at radius 2 is 0.792 bits per heavy atom. The molecule has 37 nitrogen and oxygen atoms in total. The van der Waals surface area contributed by atoms with Gasteiger partial charge in [0.2, 0.25) is 70.9 Å². The van der Waals surface area contributed by atoms with Crippen molar-refractivity contribution in [3.05, 3.63) is 71.8 Å². The molecule has 2 aromatic rings. The fourth-order valence-corrected chi connectivity index (χ4v) is 9.70. The highest BCUT2D eigenvalue weighted by Gasteiger charge is 2.39. The number of hydrogen-bond donors (Lipinski definition) is 20. The average molecular weight is 1430 g/mol. The zero-order chi connectivity index (χ0) is 75.2. The summed E-state index contributed by atoms with van der Waals surface area (Å²) in [5.74, 6) is -16.1. The lowest BCUT2D eigenvalue weighted by atomic mass is 10.0. The zero-order valence-corrected chi connectivity index (χ0v) is 54.9. The fourth-order valence-electron chi connectivity index (χ4n) is 9.70. The van der Waals surface area contributed by atoms with Crippen LogP contribution in [-0.2, 0) is 84.8 Å². The number of alkyl halides is 3. The third-order valence-corrected chi connectivity index (χ3v) is 14.9. The third kappa shape index (κ3) is 34.2. The van der Waals surface area contributed by atoms with E-state index < -0.39 is 175 Å². The first kappa shape index (κ1) is 84.0. The Morgan fingerprint density at radius 3 is 1.15 bits per heavy atom. The van der Waals surface area contributed by atoms with Crippen LogP contribution in [0.25, 0.3) is 0 Å². The lowest BCUT2D eigenvalue weighted by molar-refractivity contribution is -0.192. The van der Waals surface area contributed by atoms with Crippen LogP contribution in [0, 0.1) is 0 Å². The van der Waals surface area contributed by atoms with E-state index in [1.54, 1.807) is 60.7 Å². The van der Waals surface area contributed by atoms with Gasteiger partial charge in [0.1, 0.15) is 48.3 Å². The van der Waals surface area contributed by atoms with Gasteiger partial charge in [-0.1, -0.05) is 60.7 Å². The van der Waals surface area contributed by atoms with E-state index in [2.05, 4.69) is 73.8 Å². The molecular formula is C61H88F3N19O18. The van der Waals surface area contributed by atoms with Gasteiger partial charge in [0.15, 0.2) is 11.9 Å². The molecule has 9 atom stereocenters. The van der Waals surface area contributed by atoms with Crippen molar-refractivity contribution in [1.82, 2.24) is 63.8 Å². The maximum absolute atomic E-state index is 14.1. The number of benzene rings is 2. The van der Waals surface area contributed by atoms with Crippen LogP contribution in [0.3, 0.4) is 0 Å². The molecule has 2 fully saturated rings. The highest BCUT2D eigenvalue weighted by atomic mass is 19.4. The largest absolute Gasteiger partial charge is 0.490 e. The van der Waals surface area contributed by atoms with Gasteiger partial charge in [-0.3, -0.25) is 77.1 Å². The fraction of sp³-hybridized carbons (Fsp3) is 0.525. The van der Waals surface area contributed by atoms with E-state index in [1.165, 1.54) is 0 Å². The summed E-state index contributed by atoms with van der Waals surface area (Å²) < 4.78 is 31.7. The van der Waals surface area contributed by atoms with Gasteiger partial charge in [-0.2, -0.15) is 13.2 Å². The number of carboxylic acids is 3. The number of nitrogens with zero attached hydrogens (tertiary/aromatic N) is 2. The Hall–Kier alpha value is -11.2. The summed E-state index contributed by atoms with van der Waals surface area (Å²) >= 11 is 0. The number of nitrogens with two attached hydrogens (primary N) is 5. The zero-order valence-electron chi connectivity index (χ0n) is 54.9. The van der Waals surface area contributed by atoms with Crippen molar-refractivity contribution in [2.45, 2.75) is 163 Å². The number of amides is 12. The minimum absolute atomic E-state index is 0.0241. The predicted molar refractivity (Wildman–Crippen MR) is 351 cm³/mol. The van der Waals surface area contributed by atoms with Crippen molar-refractivity contribution in [2.75, 3.05) is 39.3 Å². The number of guanidine groups is 2. The summed E-state index contributed by atoms with van der Waals surface area (Å²) in [5, 5.41) is 56.6. The predicted octanol–water partition coefficient (Wildman–Crippen LogP) is -6.02. The number of hydrogen-bond acceptors (Lipinski definition) is 18. The van der Waals surface area contributed by atoms with Gasteiger partial charge in [0.05, 0.1) is 32.0 Å². The molecule has 0 aromatic heterocycles. The molecule has 556 valence electrons. The lowest BCUT2D eigenvalue weighted by Gasteiger charge is -2.26. The van der Waals surface area contributed by atoms with Gasteiger partial charge in [0, 0.05) is 45.4 Å². The molecule has 0 aliphatic carbocycles. The molecule has 0 radical (unpaired) electrons. The SMILES string of the molecule is NC(N)=NCCC[C@@H]1NC(=O)[C@H](CCCCNC(=O)CC[C@H](N)C(=O)NCCCC[C@@H]2NC(=O)[C@@H](Cc3ccccc3)NC(=O)[C@@H](CC(=O)O)NC(=O)CNC(=O)[C@H](CCCN=C(N)N)NC2=O)NC(=O)[C@@H](Cc2ccccc2)NC(=O)[C@@H](CC(=O)O)NC(=O)CNC1=O.O=C(O)C(F)(F)F. The smallest absolute Gasteiger partial charge is 0.481 e. The van der Waals surface area contributed by atoms with Crippen LogP contribution in [0.5, 0.6) is 0 Å². The summed E-state index contributed by atoms with van der Waals surface area (Å²) in [6, 6.07) is 4.29. The second-order valence-electron chi connectivity index (χ2n) is 23.1. The molecule has 0 saturated carbocycles. The molecule has 101 heavy (non-hydrogen) atoms. The molecule has 0 unspecified atom stereocenters. The number of rotatable bonds is 30. The molecule has 2 aliphatic heterocycles.